The topological polar surface area (TPSA) is 70.4 Å². The Hall–Kier alpha value is -2.61. The maximum Gasteiger partial charge on any atom is 0.414 e. The van der Waals surface area contributed by atoms with Gasteiger partial charge in [-0.05, 0) is 54.4 Å². The van der Waals surface area contributed by atoms with Gasteiger partial charge in [-0.15, -0.1) is 0 Å². The molecule has 1 fully saturated rings. The van der Waals surface area contributed by atoms with Crippen LogP contribution >= 0.6 is 0 Å². The van der Waals surface area contributed by atoms with E-state index in [2.05, 4.69) is 26.8 Å². The van der Waals surface area contributed by atoms with E-state index in [1.54, 1.807) is 24.3 Å². The van der Waals surface area contributed by atoms with Crippen molar-refractivity contribution in [3.8, 4) is 6.07 Å². The molecule has 0 aromatic heterocycles. The molecule has 1 amide bonds. The number of ether oxygens (including phenoxy) is 1. The summed E-state index contributed by atoms with van der Waals surface area (Å²) >= 11 is 0. The molecule has 0 N–H and O–H groups in total. The highest BCUT2D eigenvalue weighted by molar-refractivity contribution is 5.92. The van der Waals surface area contributed by atoms with Crippen LogP contribution in [0.1, 0.15) is 63.6 Å². The second-order valence-electron chi connectivity index (χ2n) is 8.39. The van der Waals surface area contributed by atoms with E-state index < -0.39 is 12.1 Å². The van der Waals surface area contributed by atoms with Gasteiger partial charge in [0.05, 0.1) is 17.7 Å². The average Bonchev–Trinajstić information content (AvgIpc) is 2.67. The number of hydrogen-bond donors (Lipinski definition) is 0. The van der Waals surface area contributed by atoms with E-state index in [1.165, 1.54) is 23.6 Å². The molecule has 1 aliphatic heterocycles. The second kappa shape index (κ2) is 8.60. The van der Waals surface area contributed by atoms with Gasteiger partial charge in [0.1, 0.15) is 6.10 Å². The highest BCUT2D eigenvalue weighted by Crippen LogP contribution is 2.37. The third-order valence-corrected chi connectivity index (χ3v) is 6.00. The standard InChI is InChI=1S/C23H28N2O3/c1-15(2)20-9-4-16(3)12-22(20)28-23(27)25-11-10-19(26)13-21(25)18-7-5-17(14-24)6-8-18/h5-8,10-11,15-16,20-22H,4,9,12-13H2,1-3H3/t16-,20+,21?,22-/m1/s1. The Kier molecular flexibility index (Phi) is 6.18. The second-order valence-corrected chi connectivity index (χ2v) is 8.39. The first-order valence-corrected chi connectivity index (χ1v) is 10.1. The number of ketones is 1. The lowest BCUT2D eigenvalue weighted by Gasteiger charge is -2.38. The minimum atomic E-state index is -0.406. The quantitative estimate of drug-likeness (QED) is 0.741. The van der Waals surface area contributed by atoms with Crippen LogP contribution in [0.4, 0.5) is 4.79 Å². The Bertz CT molecular complexity index is 791. The van der Waals surface area contributed by atoms with Crippen LogP contribution < -0.4 is 0 Å². The van der Waals surface area contributed by atoms with Gasteiger partial charge in [-0.25, -0.2) is 4.79 Å². The summed E-state index contributed by atoms with van der Waals surface area (Å²) in [6.07, 6.45) is 5.82. The lowest BCUT2D eigenvalue weighted by Crippen LogP contribution is -2.41. The molecule has 4 atom stereocenters. The number of allylic oxidation sites excluding steroid dienone is 1. The van der Waals surface area contributed by atoms with Crippen LogP contribution in [-0.4, -0.2) is 22.9 Å². The molecule has 0 radical (unpaired) electrons. The molecule has 1 aromatic carbocycles. The van der Waals surface area contributed by atoms with Crippen molar-refractivity contribution >= 4 is 11.9 Å². The molecule has 5 nitrogen and oxygen atoms in total. The van der Waals surface area contributed by atoms with Crippen LogP contribution in [0.5, 0.6) is 0 Å². The SMILES string of the molecule is CC(C)[C@@H]1CC[C@@H](C)C[C@H]1OC(=O)N1C=CC(=O)CC1c1ccc(C#N)cc1. The Balaban J connectivity index is 1.80. The predicted octanol–water partition coefficient (Wildman–Crippen LogP) is 4.99. The molecule has 1 aliphatic carbocycles. The van der Waals surface area contributed by atoms with Crippen molar-refractivity contribution in [1.29, 1.82) is 5.26 Å². The summed E-state index contributed by atoms with van der Waals surface area (Å²) in [6.45, 7) is 6.57. The fourth-order valence-corrected chi connectivity index (χ4v) is 4.31. The van der Waals surface area contributed by atoms with Crippen LogP contribution in [0.3, 0.4) is 0 Å². The third-order valence-electron chi connectivity index (χ3n) is 6.00. The van der Waals surface area contributed by atoms with Gasteiger partial charge in [-0.2, -0.15) is 5.26 Å². The first kappa shape index (κ1) is 20.1. The molecule has 28 heavy (non-hydrogen) atoms. The van der Waals surface area contributed by atoms with Crippen LogP contribution in [0.25, 0.3) is 0 Å². The highest BCUT2D eigenvalue weighted by atomic mass is 16.6. The van der Waals surface area contributed by atoms with Crippen molar-refractivity contribution < 1.29 is 14.3 Å². The zero-order valence-corrected chi connectivity index (χ0v) is 16.8. The first-order valence-electron chi connectivity index (χ1n) is 10.1. The summed E-state index contributed by atoms with van der Waals surface area (Å²) < 4.78 is 5.98. The molecular formula is C23H28N2O3. The Morgan fingerprint density at radius 3 is 2.61 bits per heavy atom. The van der Waals surface area contributed by atoms with E-state index in [9.17, 15) is 9.59 Å². The van der Waals surface area contributed by atoms with E-state index in [0.717, 1.165) is 18.4 Å². The van der Waals surface area contributed by atoms with Gasteiger partial charge < -0.3 is 4.74 Å². The van der Waals surface area contributed by atoms with Gasteiger partial charge in [0, 0.05) is 12.6 Å². The zero-order chi connectivity index (χ0) is 20.3. The number of hydrogen-bond acceptors (Lipinski definition) is 4. The lowest BCUT2D eigenvalue weighted by molar-refractivity contribution is -0.116. The molecule has 1 saturated carbocycles. The number of nitrogens with zero attached hydrogens (tertiary/aromatic N) is 2. The van der Waals surface area contributed by atoms with Gasteiger partial charge in [-0.1, -0.05) is 39.3 Å². The minimum absolute atomic E-state index is 0.0234. The maximum absolute atomic E-state index is 13.0. The number of carbonyl (C=O) groups is 2. The summed E-state index contributed by atoms with van der Waals surface area (Å²) in [5.74, 6) is 1.34. The van der Waals surface area contributed by atoms with Gasteiger partial charge >= 0.3 is 6.09 Å². The molecule has 5 heteroatoms. The molecule has 3 rings (SSSR count). The summed E-state index contributed by atoms with van der Waals surface area (Å²) in [6, 6.07) is 8.70. The minimum Gasteiger partial charge on any atom is -0.446 e. The highest BCUT2D eigenvalue weighted by Gasteiger charge is 2.36. The van der Waals surface area contributed by atoms with Crippen LogP contribution in [0.15, 0.2) is 36.5 Å². The van der Waals surface area contributed by atoms with Crippen LogP contribution in [0, 0.1) is 29.1 Å². The van der Waals surface area contributed by atoms with E-state index in [-0.39, 0.29) is 18.3 Å². The number of carbonyl (C=O) groups excluding carboxylic acids is 2. The van der Waals surface area contributed by atoms with E-state index in [0.29, 0.717) is 23.3 Å². The number of rotatable bonds is 3. The van der Waals surface area contributed by atoms with E-state index in [1.807, 2.05) is 0 Å². The molecule has 1 unspecified atom stereocenters. The molecule has 0 spiro atoms. The van der Waals surface area contributed by atoms with Crippen molar-refractivity contribution in [2.45, 2.75) is 58.6 Å². The number of benzene rings is 1. The molecule has 1 heterocycles. The monoisotopic (exact) mass is 380 g/mol. The third kappa shape index (κ3) is 4.44. The van der Waals surface area contributed by atoms with Crippen molar-refractivity contribution in [2.75, 3.05) is 0 Å². The molecule has 1 aromatic rings. The molecule has 0 bridgehead atoms. The van der Waals surface area contributed by atoms with Crippen LogP contribution in [-0.2, 0) is 9.53 Å². The molecular weight excluding hydrogens is 352 g/mol. The van der Waals surface area contributed by atoms with Gasteiger partial charge in [-0.3, -0.25) is 9.69 Å². The molecule has 2 aliphatic rings. The summed E-state index contributed by atoms with van der Waals surface area (Å²) in [4.78, 5) is 26.6. The first-order chi connectivity index (χ1) is 13.4. The Morgan fingerprint density at radius 2 is 1.96 bits per heavy atom. The average molecular weight is 380 g/mol. The van der Waals surface area contributed by atoms with Crippen molar-refractivity contribution in [3.05, 3.63) is 47.7 Å². The smallest absolute Gasteiger partial charge is 0.414 e. The Morgan fingerprint density at radius 1 is 1.25 bits per heavy atom. The summed E-state index contributed by atoms with van der Waals surface area (Å²) in [5.41, 5.74) is 1.37. The lowest BCUT2D eigenvalue weighted by atomic mass is 9.75. The number of amides is 1. The molecule has 0 saturated heterocycles. The number of nitriles is 1. The maximum atomic E-state index is 13.0. The van der Waals surface area contributed by atoms with Gasteiger partial charge in [0.15, 0.2) is 5.78 Å². The van der Waals surface area contributed by atoms with Crippen LogP contribution in [0.2, 0.25) is 0 Å². The van der Waals surface area contributed by atoms with Crippen molar-refractivity contribution in [2.24, 2.45) is 17.8 Å². The van der Waals surface area contributed by atoms with Crippen molar-refractivity contribution in [1.82, 2.24) is 4.90 Å². The Labute approximate surface area is 167 Å². The normalized spacial score (nSPS) is 27.5. The summed E-state index contributed by atoms with van der Waals surface area (Å²) in [5, 5.41) is 8.99. The largest absolute Gasteiger partial charge is 0.446 e. The van der Waals surface area contributed by atoms with Gasteiger partial charge in [0.2, 0.25) is 0 Å². The predicted molar refractivity (Wildman–Crippen MR) is 106 cm³/mol. The van der Waals surface area contributed by atoms with E-state index >= 15 is 0 Å². The fraction of sp³-hybridized carbons (Fsp3) is 0.522. The van der Waals surface area contributed by atoms with E-state index in [4.69, 9.17) is 10.00 Å². The summed E-state index contributed by atoms with van der Waals surface area (Å²) in [7, 11) is 0. The fourth-order valence-electron chi connectivity index (χ4n) is 4.31. The van der Waals surface area contributed by atoms with Gasteiger partial charge in [0.25, 0.3) is 0 Å². The van der Waals surface area contributed by atoms with Crippen molar-refractivity contribution in [3.63, 3.8) is 0 Å². The zero-order valence-electron chi connectivity index (χ0n) is 16.8. The molecule has 148 valence electrons.